The van der Waals surface area contributed by atoms with Crippen LogP contribution in [-0.4, -0.2) is 36.9 Å². The summed E-state index contributed by atoms with van der Waals surface area (Å²) in [5, 5.41) is 3.51. The van der Waals surface area contributed by atoms with Gasteiger partial charge in [0.25, 0.3) is 0 Å². The van der Waals surface area contributed by atoms with E-state index >= 15 is 0 Å². The van der Waals surface area contributed by atoms with Gasteiger partial charge in [-0.25, -0.2) is 4.79 Å². The first-order valence-electron chi connectivity index (χ1n) is 7.43. The summed E-state index contributed by atoms with van der Waals surface area (Å²) in [6.07, 6.45) is 5.42. The lowest BCUT2D eigenvalue weighted by Crippen LogP contribution is -2.59. The molecular weight excluding hydrogens is 242 g/mol. The number of methoxy groups -OCH3 is 1. The third kappa shape index (κ3) is 3.48. The molecular formula is C15H27NO3. The Hall–Kier alpha value is -0.610. The Morgan fingerprint density at radius 3 is 2.32 bits per heavy atom. The summed E-state index contributed by atoms with van der Waals surface area (Å²) in [6.45, 7) is 6.66. The van der Waals surface area contributed by atoms with Gasteiger partial charge < -0.3 is 9.47 Å². The van der Waals surface area contributed by atoms with Crippen molar-refractivity contribution in [2.24, 2.45) is 5.92 Å². The highest BCUT2D eigenvalue weighted by molar-refractivity contribution is 5.82. The van der Waals surface area contributed by atoms with E-state index in [1.165, 1.54) is 7.11 Å². The van der Waals surface area contributed by atoms with E-state index < -0.39 is 5.54 Å². The Labute approximate surface area is 116 Å². The molecule has 0 bridgehead atoms. The minimum Gasteiger partial charge on any atom is -0.468 e. The van der Waals surface area contributed by atoms with Crippen molar-refractivity contribution < 1.29 is 14.3 Å². The first-order valence-corrected chi connectivity index (χ1v) is 7.43. The van der Waals surface area contributed by atoms with E-state index in [0.29, 0.717) is 18.6 Å². The molecule has 1 atom stereocenters. The number of rotatable bonds is 8. The molecule has 0 aromatic rings. The topological polar surface area (TPSA) is 47.6 Å². The van der Waals surface area contributed by atoms with E-state index in [4.69, 9.17) is 9.47 Å². The van der Waals surface area contributed by atoms with Crippen molar-refractivity contribution in [1.82, 2.24) is 5.32 Å². The Balaban J connectivity index is 2.09. The van der Waals surface area contributed by atoms with Gasteiger partial charge in [-0.3, -0.25) is 5.32 Å². The molecule has 110 valence electrons. The summed E-state index contributed by atoms with van der Waals surface area (Å²) in [7, 11) is 1.47. The van der Waals surface area contributed by atoms with Crippen LogP contribution < -0.4 is 5.32 Å². The van der Waals surface area contributed by atoms with Crippen molar-refractivity contribution in [1.29, 1.82) is 0 Å². The lowest BCUT2D eigenvalue weighted by atomic mass is 9.93. The van der Waals surface area contributed by atoms with Crippen LogP contribution in [0, 0.1) is 5.92 Å². The minimum atomic E-state index is -0.623. The molecule has 1 N–H and O–H groups in total. The van der Waals surface area contributed by atoms with Crippen LogP contribution in [0.15, 0.2) is 0 Å². The SMILES string of the molecule is CCC(C)(C)OCC(NC1CC1)(C(=O)OC)C1CC1. The van der Waals surface area contributed by atoms with Gasteiger partial charge in [0.15, 0.2) is 0 Å². The summed E-state index contributed by atoms with van der Waals surface area (Å²) in [5.41, 5.74) is -0.818. The zero-order valence-corrected chi connectivity index (χ0v) is 12.6. The first kappa shape index (κ1) is 14.8. The highest BCUT2D eigenvalue weighted by Crippen LogP contribution is 2.43. The van der Waals surface area contributed by atoms with E-state index in [2.05, 4.69) is 26.1 Å². The quantitative estimate of drug-likeness (QED) is 0.687. The third-order valence-corrected chi connectivity index (χ3v) is 4.40. The van der Waals surface area contributed by atoms with Gasteiger partial charge in [0, 0.05) is 6.04 Å². The summed E-state index contributed by atoms with van der Waals surface area (Å²) >= 11 is 0. The molecule has 2 fully saturated rings. The van der Waals surface area contributed by atoms with Crippen molar-refractivity contribution >= 4 is 5.97 Å². The van der Waals surface area contributed by atoms with Crippen LogP contribution in [0.25, 0.3) is 0 Å². The van der Waals surface area contributed by atoms with Crippen molar-refractivity contribution in [3.63, 3.8) is 0 Å². The molecule has 4 nitrogen and oxygen atoms in total. The number of esters is 1. The van der Waals surface area contributed by atoms with Crippen molar-refractivity contribution in [2.45, 2.75) is 70.1 Å². The van der Waals surface area contributed by atoms with Gasteiger partial charge in [-0.15, -0.1) is 0 Å². The molecule has 2 saturated carbocycles. The maximum absolute atomic E-state index is 12.3. The normalized spacial score (nSPS) is 22.9. The molecule has 0 aliphatic heterocycles. The average Bonchev–Trinajstić information content (AvgIpc) is 3.26. The smallest absolute Gasteiger partial charge is 0.328 e. The third-order valence-electron chi connectivity index (χ3n) is 4.40. The standard InChI is InChI=1S/C15H27NO3/c1-5-14(2,3)19-10-15(11-6-7-11,13(17)18-4)16-12-8-9-12/h11-12,16H,5-10H2,1-4H3. The van der Waals surface area contributed by atoms with E-state index in [9.17, 15) is 4.79 Å². The molecule has 2 aliphatic rings. The maximum Gasteiger partial charge on any atom is 0.328 e. The van der Waals surface area contributed by atoms with Gasteiger partial charge in [-0.05, 0) is 51.9 Å². The monoisotopic (exact) mass is 269 g/mol. The predicted octanol–water partition coefficient (Wildman–Crippen LogP) is 2.27. The number of nitrogens with one attached hydrogen (secondary N) is 1. The number of carbonyl (C=O) groups is 1. The van der Waals surface area contributed by atoms with Gasteiger partial charge in [-0.2, -0.15) is 0 Å². The van der Waals surface area contributed by atoms with Crippen LogP contribution in [-0.2, 0) is 14.3 Å². The molecule has 19 heavy (non-hydrogen) atoms. The fourth-order valence-electron chi connectivity index (χ4n) is 2.32. The first-order chi connectivity index (χ1) is 8.93. The number of hydrogen-bond donors (Lipinski definition) is 1. The molecule has 0 saturated heterocycles. The van der Waals surface area contributed by atoms with Gasteiger partial charge in [0.05, 0.1) is 19.3 Å². The molecule has 4 heteroatoms. The molecule has 0 spiro atoms. The van der Waals surface area contributed by atoms with Crippen LogP contribution in [0.4, 0.5) is 0 Å². The summed E-state index contributed by atoms with van der Waals surface area (Å²) in [5.74, 6) is 0.210. The maximum atomic E-state index is 12.3. The highest BCUT2D eigenvalue weighted by Gasteiger charge is 2.54. The molecule has 1 unspecified atom stereocenters. The zero-order chi connectivity index (χ0) is 14.1. The summed E-state index contributed by atoms with van der Waals surface area (Å²) in [4.78, 5) is 12.3. The fourth-order valence-corrected chi connectivity index (χ4v) is 2.32. The zero-order valence-electron chi connectivity index (χ0n) is 12.6. The minimum absolute atomic E-state index is 0.159. The number of ether oxygens (including phenoxy) is 2. The van der Waals surface area contributed by atoms with Crippen molar-refractivity contribution in [3.05, 3.63) is 0 Å². The fraction of sp³-hybridized carbons (Fsp3) is 0.933. The number of carbonyl (C=O) groups excluding carboxylic acids is 1. The second kappa shape index (κ2) is 5.41. The second-order valence-corrected chi connectivity index (χ2v) is 6.56. The van der Waals surface area contributed by atoms with Gasteiger partial charge >= 0.3 is 5.97 Å². The van der Waals surface area contributed by atoms with Crippen LogP contribution in [0.2, 0.25) is 0 Å². The molecule has 2 aliphatic carbocycles. The Morgan fingerprint density at radius 1 is 1.26 bits per heavy atom. The van der Waals surface area contributed by atoms with E-state index in [1.807, 2.05) is 0 Å². The summed E-state index contributed by atoms with van der Waals surface area (Å²) in [6, 6.07) is 0.466. The van der Waals surface area contributed by atoms with Crippen LogP contribution in [0.3, 0.4) is 0 Å². The van der Waals surface area contributed by atoms with Crippen molar-refractivity contribution in [3.8, 4) is 0 Å². The molecule has 0 aromatic carbocycles. The highest BCUT2D eigenvalue weighted by atomic mass is 16.5. The van der Waals surface area contributed by atoms with E-state index in [-0.39, 0.29) is 11.6 Å². The predicted molar refractivity (Wildman–Crippen MR) is 74.0 cm³/mol. The van der Waals surface area contributed by atoms with Crippen LogP contribution in [0.1, 0.15) is 52.9 Å². The van der Waals surface area contributed by atoms with E-state index in [1.54, 1.807) is 0 Å². The summed E-state index contributed by atoms with van der Waals surface area (Å²) < 4.78 is 11.1. The van der Waals surface area contributed by atoms with Gasteiger partial charge in [0.1, 0.15) is 5.54 Å². The average molecular weight is 269 g/mol. The molecule has 2 rings (SSSR count). The molecule has 0 heterocycles. The Bertz CT molecular complexity index is 334. The Morgan fingerprint density at radius 2 is 1.89 bits per heavy atom. The lowest BCUT2D eigenvalue weighted by molar-refractivity contribution is -0.156. The van der Waals surface area contributed by atoms with E-state index in [0.717, 1.165) is 32.1 Å². The molecule has 0 aromatic heterocycles. The Kier molecular flexibility index (Phi) is 4.21. The van der Waals surface area contributed by atoms with Crippen LogP contribution in [0.5, 0.6) is 0 Å². The van der Waals surface area contributed by atoms with Gasteiger partial charge in [-0.1, -0.05) is 6.92 Å². The largest absolute Gasteiger partial charge is 0.468 e. The second-order valence-electron chi connectivity index (χ2n) is 6.56. The van der Waals surface area contributed by atoms with Gasteiger partial charge in [0.2, 0.25) is 0 Å². The van der Waals surface area contributed by atoms with Crippen LogP contribution >= 0.6 is 0 Å². The lowest BCUT2D eigenvalue weighted by Gasteiger charge is -2.36. The molecule has 0 radical (unpaired) electrons. The number of hydrogen-bond acceptors (Lipinski definition) is 4. The molecule has 0 amide bonds. The van der Waals surface area contributed by atoms with Crippen molar-refractivity contribution in [2.75, 3.05) is 13.7 Å².